The lowest BCUT2D eigenvalue weighted by atomic mass is 10.2. The van der Waals surface area contributed by atoms with E-state index in [1.54, 1.807) is 18.1 Å². The van der Waals surface area contributed by atoms with E-state index in [0.29, 0.717) is 12.3 Å². The predicted molar refractivity (Wildman–Crippen MR) is 108 cm³/mol. The summed E-state index contributed by atoms with van der Waals surface area (Å²) in [7, 11) is 1.81. The number of rotatable bonds is 6. The van der Waals surface area contributed by atoms with E-state index in [4.69, 9.17) is 9.47 Å². The molecule has 1 aliphatic heterocycles. The van der Waals surface area contributed by atoms with Crippen molar-refractivity contribution in [2.45, 2.75) is 18.6 Å². The molecule has 0 N–H and O–H groups in total. The van der Waals surface area contributed by atoms with Crippen LogP contribution in [0.2, 0.25) is 0 Å². The summed E-state index contributed by atoms with van der Waals surface area (Å²) in [5, 5.41) is 0.805. The van der Waals surface area contributed by atoms with Gasteiger partial charge in [-0.3, -0.25) is 9.36 Å². The molecular formula is C21H21N3O3S. The maximum atomic E-state index is 12.6. The average molecular weight is 395 g/mol. The minimum absolute atomic E-state index is 0.0435. The van der Waals surface area contributed by atoms with Gasteiger partial charge in [-0.05, 0) is 36.2 Å². The van der Waals surface area contributed by atoms with E-state index in [1.807, 2.05) is 41.1 Å². The van der Waals surface area contributed by atoms with Crippen LogP contribution in [0.4, 0.5) is 0 Å². The third-order valence-corrected chi connectivity index (χ3v) is 5.54. The fraction of sp³-hybridized carbons (Fsp3) is 0.238. The minimum Gasteiger partial charge on any atom is -0.454 e. The van der Waals surface area contributed by atoms with Gasteiger partial charge in [-0.25, -0.2) is 4.98 Å². The van der Waals surface area contributed by atoms with E-state index in [0.717, 1.165) is 33.5 Å². The van der Waals surface area contributed by atoms with Gasteiger partial charge < -0.3 is 14.4 Å². The molecule has 28 heavy (non-hydrogen) atoms. The van der Waals surface area contributed by atoms with Gasteiger partial charge in [0.1, 0.15) is 0 Å². The number of aromatic nitrogens is 2. The number of hydrogen-bond donors (Lipinski definition) is 0. The third-order valence-electron chi connectivity index (χ3n) is 4.59. The number of thioether (sulfide) groups is 1. The molecule has 0 saturated heterocycles. The molecule has 0 atom stereocenters. The number of nitrogens with zero attached hydrogens (tertiary/aromatic N) is 3. The lowest BCUT2D eigenvalue weighted by Crippen LogP contribution is -2.27. The summed E-state index contributed by atoms with van der Waals surface area (Å²) in [6, 6.07) is 13.9. The van der Waals surface area contributed by atoms with Crippen LogP contribution in [0, 0.1) is 6.92 Å². The summed E-state index contributed by atoms with van der Waals surface area (Å²) < 4.78 is 12.7. The molecule has 6 nitrogen and oxygen atoms in total. The summed E-state index contributed by atoms with van der Waals surface area (Å²) in [4.78, 5) is 18.7. The highest BCUT2D eigenvalue weighted by molar-refractivity contribution is 7.99. The van der Waals surface area contributed by atoms with Crippen LogP contribution in [0.5, 0.6) is 11.5 Å². The zero-order valence-corrected chi connectivity index (χ0v) is 16.6. The Labute approximate surface area is 168 Å². The Morgan fingerprint density at radius 3 is 2.89 bits per heavy atom. The Morgan fingerprint density at radius 2 is 2.04 bits per heavy atom. The van der Waals surface area contributed by atoms with Gasteiger partial charge >= 0.3 is 0 Å². The van der Waals surface area contributed by atoms with E-state index in [2.05, 4.69) is 24.0 Å². The lowest BCUT2D eigenvalue weighted by molar-refractivity contribution is -0.127. The van der Waals surface area contributed by atoms with Gasteiger partial charge in [0.05, 0.1) is 11.4 Å². The largest absolute Gasteiger partial charge is 0.454 e. The monoisotopic (exact) mass is 395 g/mol. The van der Waals surface area contributed by atoms with Crippen LogP contribution in [0.1, 0.15) is 11.1 Å². The van der Waals surface area contributed by atoms with Crippen LogP contribution in [0.25, 0.3) is 5.69 Å². The van der Waals surface area contributed by atoms with Gasteiger partial charge in [0, 0.05) is 26.0 Å². The first-order valence-electron chi connectivity index (χ1n) is 8.96. The highest BCUT2D eigenvalue weighted by Crippen LogP contribution is 2.32. The lowest BCUT2D eigenvalue weighted by Gasteiger charge is -2.17. The number of amides is 1. The molecule has 0 radical (unpaired) electrons. The number of imidazole rings is 1. The Bertz CT molecular complexity index is 1000. The fourth-order valence-electron chi connectivity index (χ4n) is 3.05. The number of ether oxygens (including phenoxy) is 2. The topological polar surface area (TPSA) is 56.6 Å². The molecule has 0 spiro atoms. The first-order chi connectivity index (χ1) is 13.6. The van der Waals surface area contributed by atoms with E-state index in [-0.39, 0.29) is 12.7 Å². The molecule has 0 aliphatic carbocycles. The number of aryl methyl sites for hydroxylation is 1. The van der Waals surface area contributed by atoms with E-state index in [9.17, 15) is 4.79 Å². The second-order valence-electron chi connectivity index (χ2n) is 6.59. The van der Waals surface area contributed by atoms with Crippen LogP contribution in [-0.4, -0.2) is 40.0 Å². The number of carbonyl (C=O) groups is 1. The molecule has 0 unspecified atom stereocenters. The van der Waals surface area contributed by atoms with Gasteiger partial charge in [-0.1, -0.05) is 36.0 Å². The van der Waals surface area contributed by atoms with E-state index >= 15 is 0 Å². The van der Waals surface area contributed by atoms with Gasteiger partial charge in [-0.2, -0.15) is 0 Å². The van der Waals surface area contributed by atoms with Crippen molar-refractivity contribution in [3.05, 3.63) is 66.0 Å². The van der Waals surface area contributed by atoms with Crippen molar-refractivity contribution in [1.82, 2.24) is 14.5 Å². The molecule has 0 saturated carbocycles. The third kappa shape index (κ3) is 3.84. The Morgan fingerprint density at radius 1 is 1.21 bits per heavy atom. The Kier molecular flexibility index (Phi) is 5.25. The minimum atomic E-state index is 0.0435. The van der Waals surface area contributed by atoms with Gasteiger partial charge in [0.25, 0.3) is 0 Å². The number of carbonyl (C=O) groups excluding carboxylic acids is 1. The highest BCUT2D eigenvalue weighted by atomic mass is 32.2. The van der Waals surface area contributed by atoms with Gasteiger partial charge in [0.2, 0.25) is 12.7 Å². The van der Waals surface area contributed by atoms with Crippen molar-refractivity contribution in [3.63, 3.8) is 0 Å². The standard InChI is InChI=1S/C21H21N3O3S/c1-15-5-3-4-6-17(15)24-10-9-22-21(24)28-13-20(25)23(2)12-16-7-8-18-19(11-16)27-14-26-18/h3-11H,12-14H2,1-2H3. The molecule has 3 aromatic rings. The molecule has 7 heteroatoms. The summed E-state index contributed by atoms with van der Waals surface area (Å²) in [5.74, 6) is 1.84. The zero-order chi connectivity index (χ0) is 19.5. The molecule has 2 heterocycles. The molecule has 0 fully saturated rings. The molecule has 2 aromatic carbocycles. The first-order valence-corrected chi connectivity index (χ1v) is 9.95. The van der Waals surface area contributed by atoms with E-state index < -0.39 is 0 Å². The number of hydrogen-bond acceptors (Lipinski definition) is 5. The molecule has 1 aliphatic rings. The second-order valence-corrected chi connectivity index (χ2v) is 7.53. The van der Waals surface area contributed by atoms with Crippen molar-refractivity contribution in [3.8, 4) is 17.2 Å². The van der Waals surface area contributed by atoms with Crippen molar-refractivity contribution >= 4 is 17.7 Å². The normalized spacial score (nSPS) is 12.2. The van der Waals surface area contributed by atoms with Crippen LogP contribution >= 0.6 is 11.8 Å². The molecular weight excluding hydrogens is 374 g/mol. The average Bonchev–Trinajstić information content (AvgIpc) is 3.35. The van der Waals surface area contributed by atoms with Crippen molar-refractivity contribution in [1.29, 1.82) is 0 Å². The molecule has 1 amide bonds. The highest BCUT2D eigenvalue weighted by Gasteiger charge is 2.16. The summed E-state index contributed by atoms with van der Waals surface area (Å²) in [6.07, 6.45) is 3.68. The number of benzene rings is 2. The van der Waals surface area contributed by atoms with Gasteiger partial charge in [0.15, 0.2) is 16.7 Å². The fourth-order valence-corrected chi connectivity index (χ4v) is 3.96. The molecule has 1 aromatic heterocycles. The molecule has 4 rings (SSSR count). The van der Waals surface area contributed by atoms with E-state index in [1.165, 1.54) is 11.8 Å². The molecule has 144 valence electrons. The zero-order valence-electron chi connectivity index (χ0n) is 15.8. The second kappa shape index (κ2) is 7.98. The number of para-hydroxylation sites is 1. The van der Waals surface area contributed by atoms with Crippen molar-refractivity contribution in [2.75, 3.05) is 19.6 Å². The van der Waals surface area contributed by atoms with Crippen LogP contribution in [0.3, 0.4) is 0 Å². The summed E-state index contributed by atoms with van der Waals surface area (Å²) in [6.45, 7) is 2.83. The summed E-state index contributed by atoms with van der Waals surface area (Å²) in [5.41, 5.74) is 3.24. The Hall–Kier alpha value is -2.93. The van der Waals surface area contributed by atoms with Crippen LogP contribution in [0.15, 0.2) is 60.0 Å². The summed E-state index contributed by atoms with van der Waals surface area (Å²) >= 11 is 1.44. The maximum absolute atomic E-state index is 12.6. The smallest absolute Gasteiger partial charge is 0.233 e. The number of fused-ring (bicyclic) bond motifs is 1. The SMILES string of the molecule is Cc1ccccc1-n1ccnc1SCC(=O)N(C)Cc1ccc2c(c1)OCO2. The van der Waals surface area contributed by atoms with Crippen molar-refractivity contribution in [2.24, 2.45) is 0 Å². The van der Waals surface area contributed by atoms with Crippen LogP contribution in [-0.2, 0) is 11.3 Å². The maximum Gasteiger partial charge on any atom is 0.233 e. The van der Waals surface area contributed by atoms with Crippen LogP contribution < -0.4 is 9.47 Å². The predicted octanol–water partition coefficient (Wildman–Crippen LogP) is 3.66. The molecule has 0 bridgehead atoms. The first kappa shape index (κ1) is 18.4. The van der Waals surface area contributed by atoms with Crippen molar-refractivity contribution < 1.29 is 14.3 Å². The van der Waals surface area contributed by atoms with Gasteiger partial charge in [-0.15, -0.1) is 0 Å². The Balaban J connectivity index is 1.38. The quantitative estimate of drug-likeness (QED) is 0.596.